The summed E-state index contributed by atoms with van der Waals surface area (Å²) < 4.78 is 6.39. The third-order valence-electron chi connectivity index (χ3n) is 6.61. The van der Waals surface area contributed by atoms with Gasteiger partial charge in [0.15, 0.2) is 0 Å². The summed E-state index contributed by atoms with van der Waals surface area (Å²) in [4.78, 5) is 0. The fourth-order valence-electron chi connectivity index (χ4n) is 4.74. The minimum absolute atomic E-state index is 0.0473. The van der Waals surface area contributed by atoms with Gasteiger partial charge in [0.2, 0.25) is 0 Å². The lowest BCUT2D eigenvalue weighted by Gasteiger charge is -2.60. The van der Waals surface area contributed by atoms with E-state index in [0.717, 1.165) is 39.2 Å². The first-order valence-corrected chi connectivity index (χ1v) is 12.0. The van der Waals surface area contributed by atoms with Crippen LogP contribution >= 0.6 is 0 Å². The molecule has 2 heterocycles. The van der Waals surface area contributed by atoms with E-state index in [1.165, 1.54) is 49.7 Å². The molecule has 2 aliphatic rings. The lowest BCUT2D eigenvalue weighted by molar-refractivity contribution is -0.259. The van der Waals surface area contributed by atoms with Gasteiger partial charge in [0.05, 0.1) is 6.61 Å². The van der Waals surface area contributed by atoms with E-state index >= 15 is 0 Å². The van der Waals surface area contributed by atoms with Crippen LogP contribution in [0.5, 0.6) is 0 Å². The summed E-state index contributed by atoms with van der Waals surface area (Å²) in [5.74, 6) is 0.558. The van der Waals surface area contributed by atoms with E-state index < -0.39 is 0 Å². The van der Waals surface area contributed by atoms with E-state index in [-0.39, 0.29) is 11.8 Å². The molecule has 2 saturated heterocycles. The van der Waals surface area contributed by atoms with Crippen LogP contribution in [0.4, 0.5) is 0 Å². The van der Waals surface area contributed by atoms with Gasteiger partial charge in [-0.2, -0.15) is 0 Å². The fourth-order valence-corrected chi connectivity index (χ4v) is 4.74. The van der Waals surface area contributed by atoms with E-state index in [1.807, 2.05) is 0 Å². The second-order valence-corrected chi connectivity index (χ2v) is 9.07. The Labute approximate surface area is 179 Å². The summed E-state index contributed by atoms with van der Waals surface area (Å²) in [6, 6.07) is 9.10. The normalized spacial score (nSPS) is 25.1. The zero-order chi connectivity index (χ0) is 20.7. The summed E-state index contributed by atoms with van der Waals surface area (Å²) in [6.45, 7) is 14.0. The summed E-state index contributed by atoms with van der Waals surface area (Å²) in [6.07, 6.45) is 8.83. The molecule has 2 atom stereocenters. The minimum atomic E-state index is -0.198. The van der Waals surface area contributed by atoms with Gasteiger partial charge in [0.1, 0.15) is 11.8 Å². The molecule has 163 valence electrons. The van der Waals surface area contributed by atoms with Crippen LogP contribution in [0, 0.1) is 0 Å². The Morgan fingerprint density at radius 3 is 2.24 bits per heavy atom. The number of morpholine rings is 1. The molecule has 0 N–H and O–H groups in total. The van der Waals surface area contributed by atoms with Crippen LogP contribution in [0.3, 0.4) is 0 Å². The summed E-state index contributed by atoms with van der Waals surface area (Å²) in [5.41, 5.74) is 2.47. The maximum atomic E-state index is 6.39. The first kappa shape index (κ1) is 22.7. The largest absolute Gasteiger partial charge is 0.369 e. The molecule has 2 fully saturated rings. The summed E-state index contributed by atoms with van der Waals surface area (Å²) in [5, 5.41) is 10.4. The number of benzene rings is 1. The van der Waals surface area contributed by atoms with Crippen LogP contribution in [0.15, 0.2) is 24.3 Å². The SMILES string of the molecule is CCCCCN(CCCCC)N1CCC12[N]CCOC2c1ccc(C(C)C)cc1. The van der Waals surface area contributed by atoms with Gasteiger partial charge >= 0.3 is 0 Å². The van der Waals surface area contributed by atoms with Crippen molar-refractivity contribution in [3.05, 3.63) is 35.4 Å². The second kappa shape index (κ2) is 10.9. The van der Waals surface area contributed by atoms with E-state index in [0.29, 0.717) is 5.92 Å². The zero-order valence-electron chi connectivity index (χ0n) is 19.2. The molecule has 0 amide bonds. The van der Waals surface area contributed by atoms with Crippen LogP contribution in [-0.4, -0.2) is 48.5 Å². The van der Waals surface area contributed by atoms with Crippen molar-refractivity contribution in [2.24, 2.45) is 0 Å². The number of ether oxygens (including phenoxy) is 1. The Bertz CT molecular complexity index is 593. The van der Waals surface area contributed by atoms with Gasteiger partial charge in [0, 0.05) is 26.2 Å². The minimum Gasteiger partial charge on any atom is -0.369 e. The number of hydrazine groups is 1. The van der Waals surface area contributed by atoms with Crippen molar-refractivity contribution in [2.75, 3.05) is 32.8 Å². The molecule has 1 spiro atoms. The molecule has 0 aromatic heterocycles. The van der Waals surface area contributed by atoms with Gasteiger partial charge in [-0.25, -0.2) is 15.3 Å². The Morgan fingerprint density at radius 1 is 1.07 bits per heavy atom. The molecule has 0 saturated carbocycles. The highest BCUT2D eigenvalue weighted by Gasteiger charge is 2.56. The van der Waals surface area contributed by atoms with Gasteiger partial charge in [-0.3, -0.25) is 0 Å². The molecule has 4 heteroatoms. The zero-order valence-corrected chi connectivity index (χ0v) is 19.2. The molecular weight excluding hydrogens is 358 g/mol. The smallest absolute Gasteiger partial charge is 0.132 e. The number of hydrogen-bond donors (Lipinski definition) is 0. The lowest BCUT2D eigenvalue weighted by Crippen LogP contribution is -2.74. The molecule has 1 aromatic carbocycles. The predicted molar refractivity (Wildman–Crippen MR) is 121 cm³/mol. The summed E-state index contributed by atoms with van der Waals surface area (Å²) >= 11 is 0. The highest BCUT2D eigenvalue weighted by molar-refractivity contribution is 5.29. The Balaban J connectivity index is 1.77. The van der Waals surface area contributed by atoms with Crippen molar-refractivity contribution in [3.63, 3.8) is 0 Å². The van der Waals surface area contributed by atoms with Crippen molar-refractivity contribution in [2.45, 2.75) is 90.3 Å². The first-order chi connectivity index (χ1) is 14.1. The molecule has 0 bridgehead atoms. The maximum Gasteiger partial charge on any atom is 0.132 e. The van der Waals surface area contributed by atoms with Crippen molar-refractivity contribution >= 4 is 0 Å². The summed E-state index contributed by atoms with van der Waals surface area (Å²) in [7, 11) is 0. The maximum absolute atomic E-state index is 6.39. The molecule has 1 aromatic rings. The number of hydrogen-bond acceptors (Lipinski definition) is 3. The van der Waals surface area contributed by atoms with Crippen LogP contribution in [0.1, 0.15) is 95.8 Å². The van der Waals surface area contributed by atoms with Crippen LogP contribution in [-0.2, 0) is 4.74 Å². The molecule has 0 aliphatic carbocycles. The lowest BCUT2D eigenvalue weighted by atomic mass is 9.84. The van der Waals surface area contributed by atoms with E-state index in [2.05, 4.69) is 62.0 Å². The Morgan fingerprint density at radius 2 is 1.72 bits per heavy atom. The van der Waals surface area contributed by atoms with Gasteiger partial charge < -0.3 is 4.74 Å². The van der Waals surface area contributed by atoms with Gasteiger partial charge in [-0.15, -0.1) is 0 Å². The predicted octanol–water partition coefficient (Wildman–Crippen LogP) is 5.49. The Kier molecular flexibility index (Phi) is 8.55. The van der Waals surface area contributed by atoms with Crippen LogP contribution < -0.4 is 5.32 Å². The topological polar surface area (TPSA) is 29.8 Å². The monoisotopic (exact) mass is 400 g/mol. The number of rotatable bonds is 11. The van der Waals surface area contributed by atoms with Crippen LogP contribution in [0.25, 0.3) is 0 Å². The van der Waals surface area contributed by atoms with Gasteiger partial charge in [0.25, 0.3) is 0 Å². The third-order valence-corrected chi connectivity index (χ3v) is 6.61. The standard InChI is InChI=1S/C25H42N3O/c1-5-7-9-17-27(18-10-8-6-2)28-19-15-25(28)24(29-20-16-26-25)23-13-11-22(12-14-23)21(3)4/h11-14,21,24H,5-10,15-20H2,1-4H3. The molecular formula is C25H42N3O. The molecule has 3 rings (SSSR count). The second-order valence-electron chi connectivity index (χ2n) is 9.07. The van der Waals surface area contributed by atoms with Crippen molar-refractivity contribution in [3.8, 4) is 0 Å². The van der Waals surface area contributed by atoms with E-state index in [1.54, 1.807) is 0 Å². The third kappa shape index (κ3) is 5.22. The fraction of sp³-hybridized carbons (Fsp3) is 0.760. The molecule has 2 unspecified atom stereocenters. The van der Waals surface area contributed by atoms with E-state index in [9.17, 15) is 0 Å². The highest BCUT2D eigenvalue weighted by Crippen LogP contribution is 2.45. The van der Waals surface area contributed by atoms with Gasteiger partial charge in [-0.05, 0) is 36.3 Å². The van der Waals surface area contributed by atoms with Crippen molar-refractivity contribution < 1.29 is 4.74 Å². The molecule has 2 aliphatic heterocycles. The number of unbranched alkanes of at least 4 members (excludes halogenated alkanes) is 4. The van der Waals surface area contributed by atoms with Crippen LogP contribution in [0.2, 0.25) is 0 Å². The average Bonchev–Trinajstić information content (AvgIpc) is 2.73. The van der Waals surface area contributed by atoms with E-state index in [4.69, 9.17) is 10.1 Å². The molecule has 4 nitrogen and oxygen atoms in total. The Hall–Kier alpha value is -0.940. The van der Waals surface area contributed by atoms with Gasteiger partial charge in [-0.1, -0.05) is 77.6 Å². The molecule has 29 heavy (non-hydrogen) atoms. The number of nitrogens with zero attached hydrogens (tertiary/aromatic N) is 3. The average molecular weight is 401 g/mol. The highest BCUT2D eigenvalue weighted by atomic mass is 16.5. The molecule has 1 radical (unpaired) electrons. The van der Waals surface area contributed by atoms with Crippen molar-refractivity contribution in [1.82, 2.24) is 15.3 Å². The van der Waals surface area contributed by atoms with Crippen molar-refractivity contribution in [1.29, 1.82) is 0 Å². The first-order valence-electron chi connectivity index (χ1n) is 12.0. The quantitative estimate of drug-likeness (QED) is 0.460.